The van der Waals surface area contributed by atoms with Crippen LogP contribution in [0.25, 0.3) is 11.0 Å². The fourth-order valence-corrected chi connectivity index (χ4v) is 3.23. The maximum absolute atomic E-state index is 12.4. The summed E-state index contributed by atoms with van der Waals surface area (Å²) in [6.45, 7) is -0.00439. The number of likely N-dealkylation sites (N-methyl/N-ethyl adjacent to an activating group) is 1. The molecule has 0 radical (unpaired) electrons. The molecule has 0 aliphatic heterocycles. The van der Waals surface area contributed by atoms with Crippen LogP contribution in [0.15, 0.2) is 39.5 Å². The summed E-state index contributed by atoms with van der Waals surface area (Å²) >= 11 is 0. The van der Waals surface area contributed by atoms with Gasteiger partial charge in [-0.25, -0.2) is 4.79 Å². The average Bonchev–Trinajstić information content (AvgIpc) is 2.88. The minimum atomic E-state index is -0.399. The molecule has 128 valence electrons. The van der Waals surface area contributed by atoms with Gasteiger partial charge >= 0.3 is 5.63 Å². The van der Waals surface area contributed by atoms with E-state index in [9.17, 15) is 9.59 Å². The number of carbonyl (C=O) groups is 1. The van der Waals surface area contributed by atoms with Gasteiger partial charge in [0.25, 0.3) is 5.91 Å². The van der Waals surface area contributed by atoms with Crippen LogP contribution >= 0.6 is 0 Å². The van der Waals surface area contributed by atoms with Gasteiger partial charge in [0, 0.05) is 30.6 Å². The van der Waals surface area contributed by atoms with Crippen molar-refractivity contribution in [2.45, 2.75) is 44.6 Å². The van der Waals surface area contributed by atoms with Crippen molar-refractivity contribution in [2.75, 3.05) is 13.7 Å². The van der Waals surface area contributed by atoms with Gasteiger partial charge in [0.1, 0.15) is 11.3 Å². The molecule has 1 aliphatic carbocycles. The van der Waals surface area contributed by atoms with Crippen LogP contribution in [-0.2, 0) is 4.79 Å². The smallest absolute Gasteiger partial charge is 0.336 e. The fraction of sp³-hybridized carbons (Fsp3) is 0.474. The summed E-state index contributed by atoms with van der Waals surface area (Å²) in [5.41, 5.74) is 0.0633. The van der Waals surface area contributed by atoms with Crippen LogP contribution in [0.2, 0.25) is 0 Å². The van der Waals surface area contributed by atoms with Crippen molar-refractivity contribution in [1.29, 1.82) is 0 Å². The van der Waals surface area contributed by atoms with Crippen LogP contribution < -0.4 is 10.4 Å². The minimum absolute atomic E-state index is 0.00439. The standard InChI is InChI=1S/C19H23NO4/c1-20(15-6-4-2-3-5-7-15)18(21)13-23-16-10-8-14-9-11-19(22)24-17(14)12-16/h8-12,15H,2-7,13H2,1H3. The van der Waals surface area contributed by atoms with E-state index in [1.807, 2.05) is 18.0 Å². The Morgan fingerprint density at radius 3 is 2.62 bits per heavy atom. The number of fused-ring (bicyclic) bond motifs is 1. The summed E-state index contributed by atoms with van der Waals surface area (Å²) in [5.74, 6) is 0.510. The fourth-order valence-electron chi connectivity index (χ4n) is 3.23. The van der Waals surface area contributed by atoms with Crippen molar-refractivity contribution in [3.8, 4) is 5.75 Å². The van der Waals surface area contributed by atoms with Gasteiger partial charge in [-0.3, -0.25) is 4.79 Å². The van der Waals surface area contributed by atoms with Gasteiger partial charge in [0.2, 0.25) is 0 Å². The molecule has 1 aliphatic rings. The topological polar surface area (TPSA) is 59.8 Å². The Labute approximate surface area is 141 Å². The van der Waals surface area contributed by atoms with E-state index in [2.05, 4.69) is 0 Å². The van der Waals surface area contributed by atoms with Crippen LogP contribution in [0.4, 0.5) is 0 Å². The van der Waals surface area contributed by atoms with E-state index in [4.69, 9.17) is 9.15 Å². The van der Waals surface area contributed by atoms with Crippen LogP contribution in [-0.4, -0.2) is 30.5 Å². The number of hydrogen-bond acceptors (Lipinski definition) is 4. The third kappa shape index (κ3) is 3.96. The van der Waals surface area contributed by atoms with E-state index in [0.29, 0.717) is 17.4 Å². The molecular formula is C19H23NO4. The highest BCUT2D eigenvalue weighted by Crippen LogP contribution is 2.22. The summed E-state index contributed by atoms with van der Waals surface area (Å²) in [6, 6.07) is 8.65. The highest BCUT2D eigenvalue weighted by atomic mass is 16.5. The zero-order valence-electron chi connectivity index (χ0n) is 14.0. The van der Waals surface area contributed by atoms with E-state index < -0.39 is 5.63 Å². The lowest BCUT2D eigenvalue weighted by Gasteiger charge is -2.27. The predicted molar refractivity (Wildman–Crippen MR) is 92.2 cm³/mol. The zero-order chi connectivity index (χ0) is 16.9. The maximum atomic E-state index is 12.4. The second-order valence-corrected chi connectivity index (χ2v) is 6.39. The molecule has 1 amide bonds. The molecule has 0 spiro atoms. The summed E-state index contributed by atoms with van der Waals surface area (Å²) in [6.07, 6.45) is 7.04. The molecule has 5 nitrogen and oxygen atoms in total. The Balaban J connectivity index is 1.62. The first-order valence-electron chi connectivity index (χ1n) is 8.56. The van der Waals surface area contributed by atoms with Crippen LogP contribution in [0.5, 0.6) is 5.75 Å². The number of carbonyl (C=O) groups excluding carboxylic acids is 1. The van der Waals surface area contributed by atoms with E-state index in [1.165, 1.54) is 31.7 Å². The maximum Gasteiger partial charge on any atom is 0.336 e. The summed E-state index contributed by atoms with van der Waals surface area (Å²) < 4.78 is 10.7. The molecule has 3 rings (SSSR count). The Morgan fingerprint density at radius 1 is 1.17 bits per heavy atom. The van der Waals surface area contributed by atoms with Crippen molar-refractivity contribution in [2.24, 2.45) is 0 Å². The molecule has 1 heterocycles. The second kappa shape index (κ2) is 7.51. The van der Waals surface area contributed by atoms with Gasteiger partial charge in [-0.05, 0) is 31.0 Å². The average molecular weight is 329 g/mol. The molecule has 1 fully saturated rings. The van der Waals surface area contributed by atoms with Crippen molar-refractivity contribution in [3.63, 3.8) is 0 Å². The summed E-state index contributed by atoms with van der Waals surface area (Å²) in [4.78, 5) is 25.5. The summed E-state index contributed by atoms with van der Waals surface area (Å²) in [7, 11) is 1.86. The molecule has 2 aromatic rings. The third-order valence-electron chi connectivity index (χ3n) is 4.72. The van der Waals surface area contributed by atoms with Crippen LogP contribution in [0, 0.1) is 0 Å². The largest absolute Gasteiger partial charge is 0.484 e. The monoisotopic (exact) mass is 329 g/mol. The predicted octanol–water partition coefficient (Wildman–Crippen LogP) is 3.35. The first-order valence-corrected chi connectivity index (χ1v) is 8.56. The highest BCUT2D eigenvalue weighted by molar-refractivity contribution is 5.79. The van der Waals surface area contributed by atoms with E-state index in [0.717, 1.165) is 18.2 Å². The highest BCUT2D eigenvalue weighted by Gasteiger charge is 2.21. The lowest BCUT2D eigenvalue weighted by Crippen LogP contribution is -2.39. The van der Waals surface area contributed by atoms with Crippen molar-refractivity contribution < 1.29 is 13.9 Å². The Morgan fingerprint density at radius 2 is 1.88 bits per heavy atom. The molecule has 1 aromatic carbocycles. The van der Waals surface area contributed by atoms with Gasteiger partial charge < -0.3 is 14.1 Å². The quantitative estimate of drug-likeness (QED) is 0.637. The molecule has 0 bridgehead atoms. The Bertz CT molecular complexity index is 759. The van der Waals surface area contributed by atoms with Gasteiger partial charge in [0.05, 0.1) is 0 Å². The molecule has 0 unspecified atom stereocenters. The van der Waals surface area contributed by atoms with Crippen LogP contribution in [0.3, 0.4) is 0 Å². The lowest BCUT2D eigenvalue weighted by molar-refractivity contribution is -0.134. The number of hydrogen-bond donors (Lipinski definition) is 0. The van der Waals surface area contributed by atoms with Gasteiger partial charge in [0.15, 0.2) is 6.61 Å². The molecular weight excluding hydrogens is 306 g/mol. The third-order valence-corrected chi connectivity index (χ3v) is 4.72. The van der Waals surface area contributed by atoms with Gasteiger partial charge in [-0.1, -0.05) is 25.7 Å². The van der Waals surface area contributed by atoms with Gasteiger partial charge in [-0.2, -0.15) is 0 Å². The number of benzene rings is 1. The lowest BCUT2D eigenvalue weighted by atomic mass is 10.1. The molecule has 24 heavy (non-hydrogen) atoms. The normalized spacial score (nSPS) is 15.9. The molecule has 1 saturated carbocycles. The van der Waals surface area contributed by atoms with E-state index >= 15 is 0 Å². The number of nitrogens with zero attached hydrogens (tertiary/aromatic N) is 1. The Kier molecular flexibility index (Phi) is 5.18. The van der Waals surface area contributed by atoms with Crippen molar-refractivity contribution in [3.05, 3.63) is 40.8 Å². The SMILES string of the molecule is CN(C(=O)COc1ccc2ccc(=O)oc2c1)C1CCCCCC1. The number of ether oxygens (including phenoxy) is 1. The molecule has 0 saturated heterocycles. The number of amides is 1. The van der Waals surface area contributed by atoms with E-state index in [-0.39, 0.29) is 12.5 Å². The molecule has 0 N–H and O–H groups in total. The minimum Gasteiger partial charge on any atom is -0.484 e. The number of rotatable bonds is 4. The van der Waals surface area contributed by atoms with E-state index in [1.54, 1.807) is 18.2 Å². The molecule has 0 atom stereocenters. The van der Waals surface area contributed by atoms with Crippen molar-refractivity contribution >= 4 is 16.9 Å². The molecule has 5 heteroatoms. The summed E-state index contributed by atoms with van der Waals surface area (Å²) in [5, 5.41) is 0.823. The van der Waals surface area contributed by atoms with Gasteiger partial charge in [-0.15, -0.1) is 0 Å². The molecule has 1 aromatic heterocycles. The second-order valence-electron chi connectivity index (χ2n) is 6.39. The first kappa shape index (κ1) is 16.6. The Hall–Kier alpha value is -2.30. The zero-order valence-corrected chi connectivity index (χ0v) is 14.0. The van der Waals surface area contributed by atoms with Crippen molar-refractivity contribution in [1.82, 2.24) is 4.90 Å². The first-order chi connectivity index (χ1) is 11.6. The van der Waals surface area contributed by atoms with Crippen LogP contribution in [0.1, 0.15) is 38.5 Å².